The van der Waals surface area contributed by atoms with Crippen molar-refractivity contribution in [1.82, 2.24) is 20.2 Å². The monoisotopic (exact) mass is 197 g/mol. The van der Waals surface area contributed by atoms with E-state index in [1.807, 2.05) is 13.8 Å². The smallest absolute Gasteiger partial charge is 0.216 e. The van der Waals surface area contributed by atoms with Crippen LogP contribution >= 0.6 is 12.2 Å². The van der Waals surface area contributed by atoms with E-state index in [-0.39, 0.29) is 0 Å². The largest absolute Gasteiger partial charge is 0.252 e. The van der Waals surface area contributed by atoms with Crippen molar-refractivity contribution in [3.05, 3.63) is 11.6 Å². The number of hydrogen-bond acceptors (Lipinski definition) is 4. The lowest BCUT2D eigenvalue weighted by atomic mass is 10.7. The molecule has 0 radical (unpaired) electrons. The number of hydrazone groups is 1. The predicted molar refractivity (Wildman–Crippen MR) is 54.8 cm³/mol. The summed E-state index contributed by atoms with van der Waals surface area (Å²) in [5.74, 6) is 1.45. The Morgan fingerprint density at radius 3 is 2.77 bits per heavy atom. The predicted octanol–water partition coefficient (Wildman–Crippen LogP) is 0.623. The van der Waals surface area contributed by atoms with Crippen LogP contribution in [0, 0.1) is 13.8 Å². The molecule has 0 fully saturated rings. The second-order valence-electron chi connectivity index (χ2n) is 2.42. The van der Waals surface area contributed by atoms with Crippen molar-refractivity contribution in [2.45, 2.75) is 20.8 Å². The Hall–Kier alpha value is -1.30. The van der Waals surface area contributed by atoms with Crippen LogP contribution in [0.5, 0.6) is 0 Å². The van der Waals surface area contributed by atoms with E-state index in [9.17, 15) is 0 Å². The minimum absolute atomic E-state index is 0.427. The molecule has 0 aliphatic rings. The fourth-order valence-electron chi connectivity index (χ4n) is 0.880. The third kappa shape index (κ3) is 2.32. The molecule has 1 heterocycles. The second kappa shape index (κ2) is 4.08. The molecule has 6 heteroatoms. The zero-order chi connectivity index (χ0) is 9.84. The van der Waals surface area contributed by atoms with E-state index >= 15 is 0 Å². The lowest BCUT2D eigenvalue weighted by Crippen LogP contribution is -2.25. The number of aryl methyl sites for hydroxylation is 2. The van der Waals surface area contributed by atoms with E-state index < -0.39 is 0 Å². The van der Waals surface area contributed by atoms with E-state index in [0.717, 1.165) is 5.82 Å². The summed E-state index contributed by atoms with van der Waals surface area (Å²) in [4.78, 5) is 4.11. The maximum Gasteiger partial charge on any atom is 0.216 e. The number of nitrogens with one attached hydrogen (secondary N) is 1. The average molecular weight is 197 g/mol. The Bertz CT molecular complexity index is 341. The van der Waals surface area contributed by atoms with E-state index in [1.165, 1.54) is 4.68 Å². The van der Waals surface area contributed by atoms with Gasteiger partial charge in [-0.15, -0.1) is 5.10 Å². The summed E-state index contributed by atoms with van der Waals surface area (Å²) in [6, 6.07) is 0. The molecule has 0 aliphatic heterocycles. The number of nitrogens with zero attached hydrogens (tertiary/aromatic N) is 4. The summed E-state index contributed by atoms with van der Waals surface area (Å²) >= 11 is 5.02. The third-order valence-corrected chi connectivity index (χ3v) is 1.62. The first-order chi connectivity index (χ1) is 6.15. The molecule has 0 spiro atoms. The molecule has 0 aliphatic carbocycles. The van der Waals surface area contributed by atoms with Gasteiger partial charge >= 0.3 is 0 Å². The summed E-state index contributed by atoms with van der Waals surface area (Å²) in [5, 5.41) is 8.31. The first-order valence-corrected chi connectivity index (χ1v) is 4.24. The first-order valence-electron chi connectivity index (χ1n) is 3.83. The normalized spacial score (nSPS) is 10.7. The van der Waals surface area contributed by atoms with E-state index in [4.69, 9.17) is 12.2 Å². The molecule has 0 bridgehead atoms. The minimum Gasteiger partial charge on any atom is -0.252 e. The van der Waals surface area contributed by atoms with Gasteiger partial charge in [-0.1, -0.05) is 0 Å². The molecular weight excluding hydrogens is 186 g/mol. The molecule has 0 saturated heterocycles. The first kappa shape index (κ1) is 9.79. The van der Waals surface area contributed by atoms with Gasteiger partial charge in [-0.3, -0.25) is 5.43 Å². The summed E-state index contributed by atoms with van der Waals surface area (Å²) in [5.41, 5.74) is 2.66. The Balaban J connectivity index is 2.82. The molecule has 13 heavy (non-hydrogen) atoms. The van der Waals surface area contributed by atoms with Crippen molar-refractivity contribution in [1.29, 1.82) is 0 Å². The summed E-state index contributed by atoms with van der Waals surface area (Å²) < 4.78 is 1.54. The van der Waals surface area contributed by atoms with Gasteiger partial charge in [-0.25, -0.2) is 4.98 Å². The van der Waals surface area contributed by atoms with E-state index in [1.54, 1.807) is 13.1 Å². The van der Waals surface area contributed by atoms with Gasteiger partial charge in [-0.05, 0) is 33.0 Å². The quantitative estimate of drug-likeness (QED) is 0.407. The van der Waals surface area contributed by atoms with Gasteiger partial charge in [0.1, 0.15) is 11.6 Å². The highest BCUT2D eigenvalue weighted by molar-refractivity contribution is 7.80. The highest BCUT2D eigenvalue weighted by Gasteiger charge is 2.05. The van der Waals surface area contributed by atoms with Gasteiger partial charge in [0.05, 0.1) is 0 Å². The molecule has 1 aromatic rings. The van der Waals surface area contributed by atoms with Crippen LogP contribution in [-0.4, -0.2) is 26.1 Å². The molecule has 1 N–H and O–H groups in total. The Morgan fingerprint density at radius 1 is 1.62 bits per heavy atom. The van der Waals surface area contributed by atoms with Gasteiger partial charge in [0.15, 0.2) is 0 Å². The van der Waals surface area contributed by atoms with Gasteiger partial charge in [0.2, 0.25) is 5.11 Å². The molecule has 70 valence electrons. The van der Waals surface area contributed by atoms with Crippen molar-refractivity contribution < 1.29 is 0 Å². The standard InChI is InChI=1S/C7H11N5S/c1-4-8-10-7(13)12-6(3)9-5(2)11-12/h4H,1-3H3,(H,10,13)/b8-4+. The molecule has 0 aromatic carbocycles. The number of aromatic nitrogens is 3. The van der Waals surface area contributed by atoms with Crippen LogP contribution in [0.25, 0.3) is 0 Å². The maximum absolute atomic E-state index is 5.02. The van der Waals surface area contributed by atoms with Crippen molar-refractivity contribution in [2.75, 3.05) is 0 Å². The number of rotatable bonds is 1. The molecule has 0 saturated carbocycles. The lowest BCUT2D eigenvalue weighted by molar-refractivity contribution is 0.838. The van der Waals surface area contributed by atoms with Gasteiger partial charge in [0.25, 0.3) is 0 Å². The van der Waals surface area contributed by atoms with Crippen molar-refractivity contribution >= 4 is 23.5 Å². The lowest BCUT2D eigenvalue weighted by Gasteiger charge is -2.02. The van der Waals surface area contributed by atoms with Crippen molar-refractivity contribution in [2.24, 2.45) is 5.10 Å². The maximum atomic E-state index is 5.02. The molecule has 5 nitrogen and oxygen atoms in total. The summed E-state index contributed by atoms with van der Waals surface area (Å²) in [6.45, 7) is 5.45. The minimum atomic E-state index is 0.427. The van der Waals surface area contributed by atoms with Gasteiger partial charge in [0, 0.05) is 6.21 Å². The van der Waals surface area contributed by atoms with Crippen LogP contribution in [0.3, 0.4) is 0 Å². The van der Waals surface area contributed by atoms with E-state index in [2.05, 4.69) is 20.6 Å². The second-order valence-corrected chi connectivity index (χ2v) is 2.81. The van der Waals surface area contributed by atoms with Gasteiger partial charge in [-0.2, -0.15) is 9.78 Å². The molecule has 0 unspecified atom stereocenters. The number of thiocarbonyl (C=S) groups is 1. The molecular formula is C7H11N5S. The fourth-order valence-corrected chi connectivity index (χ4v) is 1.11. The van der Waals surface area contributed by atoms with Crippen LogP contribution in [0.4, 0.5) is 0 Å². The zero-order valence-electron chi connectivity index (χ0n) is 7.77. The SMILES string of the molecule is C/C=N/NC(=S)n1nc(C)nc1C. The summed E-state index contributed by atoms with van der Waals surface area (Å²) in [6.07, 6.45) is 1.62. The van der Waals surface area contributed by atoms with Crippen LogP contribution in [0.15, 0.2) is 5.10 Å². The van der Waals surface area contributed by atoms with Crippen LogP contribution in [-0.2, 0) is 0 Å². The molecule has 1 rings (SSSR count). The van der Waals surface area contributed by atoms with Crippen LogP contribution in [0.1, 0.15) is 18.6 Å². The third-order valence-electron chi connectivity index (χ3n) is 1.36. The highest BCUT2D eigenvalue weighted by atomic mass is 32.1. The average Bonchev–Trinajstić information content (AvgIpc) is 2.41. The highest BCUT2D eigenvalue weighted by Crippen LogP contribution is 1.94. The summed E-state index contributed by atoms with van der Waals surface area (Å²) in [7, 11) is 0. The van der Waals surface area contributed by atoms with Crippen molar-refractivity contribution in [3.63, 3.8) is 0 Å². The van der Waals surface area contributed by atoms with Crippen LogP contribution < -0.4 is 5.43 Å². The molecule has 0 atom stereocenters. The topological polar surface area (TPSA) is 55.1 Å². The van der Waals surface area contributed by atoms with Crippen LogP contribution in [0.2, 0.25) is 0 Å². The number of hydrogen-bond donors (Lipinski definition) is 1. The Labute approximate surface area is 81.9 Å². The fraction of sp³-hybridized carbons (Fsp3) is 0.429. The van der Waals surface area contributed by atoms with Gasteiger partial charge < -0.3 is 0 Å². The Morgan fingerprint density at radius 2 is 2.31 bits per heavy atom. The van der Waals surface area contributed by atoms with Crippen molar-refractivity contribution in [3.8, 4) is 0 Å². The Kier molecular flexibility index (Phi) is 3.07. The molecule has 0 amide bonds. The van der Waals surface area contributed by atoms with E-state index in [0.29, 0.717) is 10.9 Å². The molecule has 1 aromatic heterocycles. The zero-order valence-corrected chi connectivity index (χ0v) is 8.59.